The van der Waals surface area contributed by atoms with Crippen LogP contribution in [0.4, 0.5) is 0 Å². The average molecular weight is 324 g/mol. The summed E-state index contributed by atoms with van der Waals surface area (Å²) in [5.74, 6) is -0.136. The molecule has 0 amide bonds. The van der Waals surface area contributed by atoms with Crippen molar-refractivity contribution in [1.82, 2.24) is 0 Å². The third kappa shape index (κ3) is 5.03. The van der Waals surface area contributed by atoms with E-state index in [1.54, 1.807) is 11.8 Å². The van der Waals surface area contributed by atoms with Gasteiger partial charge >= 0.3 is 11.9 Å². The van der Waals surface area contributed by atoms with Crippen molar-refractivity contribution in [2.75, 3.05) is 12.4 Å². The fraction of sp³-hybridized carbons (Fsp3) is 0.500. The highest BCUT2D eigenvalue weighted by Crippen LogP contribution is 2.32. The lowest BCUT2D eigenvalue weighted by Gasteiger charge is -2.23. The van der Waals surface area contributed by atoms with Crippen molar-refractivity contribution in [3.8, 4) is 0 Å². The molecule has 2 rings (SSSR count). The summed E-state index contributed by atoms with van der Waals surface area (Å²) in [6, 6.07) is 9.86. The van der Waals surface area contributed by atoms with Crippen molar-refractivity contribution in [2.24, 2.45) is 0 Å². The second-order valence-electron chi connectivity index (χ2n) is 5.09. The van der Waals surface area contributed by atoms with Gasteiger partial charge < -0.3 is 14.2 Å². The Morgan fingerprint density at radius 2 is 1.82 bits per heavy atom. The normalized spacial score (nSPS) is 24.0. The maximum Gasteiger partial charge on any atom is 0.303 e. The minimum atomic E-state index is -0.456. The largest absolute Gasteiger partial charge is 0.458 e. The number of thioether (sulfide) groups is 1. The van der Waals surface area contributed by atoms with Crippen molar-refractivity contribution in [1.29, 1.82) is 0 Å². The Labute approximate surface area is 134 Å². The van der Waals surface area contributed by atoms with Gasteiger partial charge in [0.1, 0.15) is 6.10 Å². The maximum atomic E-state index is 11.3. The fourth-order valence-corrected chi connectivity index (χ4v) is 3.62. The Morgan fingerprint density at radius 1 is 1.14 bits per heavy atom. The zero-order valence-electron chi connectivity index (χ0n) is 12.7. The standard InChI is InChI=1S/C16H20O5S/c1-11(17)20-14-10-22-15(16(14)21-12(2)18)9-19-8-13-6-4-3-5-7-13/h3-7,14-16H,8-10H2,1-2H3/t14-,15-,16+/m1/s1. The summed E-state index contributed by atoms with van der Waals surface area (Å²) in [5, 5.41) is -0.0306. The van der Waals surface area contributed by atoms with Crippen LogP contribution in [-0.2, 0) is 30.4 Å². The highest BCUT2D eigenvalue weighted by Gasteiger charge is 2.41. The van der Waals surface area contributed by atoms with Crippen LogP contribution in [0.1, 0.15) is 19.4 Å². The predicted molar refractivity (Wildman–Crippen MR) is 83.5 cm³/mol. The van der Waals surface area contributed by atoms with Crippen LogP contribution >= 0.6 is 11.8 Å². The molecule has 0 aliphatic carbocycles. The molecule has 22 heavy (non-hydrogen) atoms. The topological polar surface area (TPSA) is 61.8 Å². The number of ether oxygens (including phenoxy) is 3. The van der Waals surface area contributed by atoms with E-state index in [4.69, 9.17) is 14.2 Å². The summed E-state index contributed by atoms with van der Waals surface area (Å²) in [5.41, 5.74) is 1.09. The summed E-state index contributed by atoms with van der Waals surface area (Å²) in [6.07, 6.45) is -0.862. The third-order valence-corrected chi connectivity index (χ3v) is 4.57. The molecule has 1 aliphatic heterocycles. The molecular formula is C16H20O5S. The molecule has 0 unspecified atom stereocenters. The first-order valence-electron chi connectivity index (χ1n) is 7.14. The summed E-state index contributed by atoms with van der Waals surface area (Å²) >= 11 is 1.60. The molecule has 5 nitrogen and oxygen atoms in total. The maximum absolute atomic E-state index is 11.3. The zero-order valence-corrected chi connectivity index (χ0v) is 13.5. The molecule has 0 saturated carbocycles. The monoisotopic (exact) mass is 324 g/mol. The van der Waals surface area contributed by atoms with E-state index in [0.29, 0.717) is 19.0 Å². The highest BCUT2D eigenvalue weighted by molar-refractivity contribution is 8.00. The molecule has 1 heterocycles. The van der Waals surface area contributed by atoms with Crippen LogP contribution in [0.5, 0.6) is 0 Å². The molecular weight excluding hydrogens is 304 g/mol. The van der Waals surface area contributed by atoms with Gasteiger partial charge in [-0.3, -0.25) is 9.59 Å². The van der Waals surface area contributed by atoms with E-state index in [1.165, 1.54) is 13.8 Å². The van der Waals surface area contributed by atoms with Crippen LogP contribution in [0, 0.1) is 0 Å². The molecule has 0 N–H and O–H groups in total. The first-order valence-corrected chi connectivity index (χ1v) is 8.19. The highest BCUT2D eigenvalue weighted by atomic mass is 32.2. The molecule has 120 valence electrons. The van der Waals surface area contributed by atoms with E-state index < -0.39 is 12.2 Å². The molecule has 0 radical (unpaired) electrons. The van der Waals surface area contributed by atoms with Gasteiger partial charge in [0.25, 0.3) is 0 Å². The minimum absolute atomic E-state index is 0.0306. The summed E-state index contributed by atoms with van der Waals surface area (Å²) in [4.78, 5) is 22.4. The lowest BCUT2D eigenvalue weighted by molar-refractivity contribution is -0.163. The van der Waals surface area contributed by atoms with E-state index in [0.717, 1.165) is 5.56 Å². The number of carbonyl (C=O) groups excluding carboxylic acids is 2. The quantitative estimate of drug-likeness (QED) is 0.748. The van der Waals surface area contributed by atoms with Gasteiger partial charge in [-0.15, -0.1) is 11.8 Å². The Kier molecular flexibility index (Phi) is 6.27. The van der Waals surface area contributed by atoms with Crippen LogP contribution < -0.4 is 0 Å². The van der Waals surface area contributed by atoms with E-state index in [1.807, 2.05) is 30.3 Å². The van der Waals surface area contributed by atoms with E-state index >= 15 is 0 Å². The Morgan fingerprint density at radius 3 is 2.45 bits per heavy atom. The smallest absolute Gasteiger partial charge is 0.303 e. The van der Waals surface area contributed by atoms with Gasteiger partial charge in [0.05, 0.1) is 18.5 Å². The van der Waals surface area contributed by atoms with Crippen molar-refractivity contribution in [3.63, 3.8) is 0 Å². The molecule has 1 saturated heterocycles. The Balaban J connectivity index is 1.88. The van der Waals surface area contributed by atoms with E-state index in [2.05, 4.69) is 0 Å². The summed E-state index contributed by atoms with van der Waals surface area (Å²) < 4.78 is 16.3. The zero-order chi connectivity index (χ0) is 15.9. The van der Waals surface area contributed by atoms with Crippen molar-refractivity contribution >= 4 is 23.7 Å². The number of hydrogen-bond donors (Lipinski definition) is 0. The van der Waals surface area contributed by atoms with Crippen LogP contribution in [0.2, 0.25) is 0 Å². The SMILES string of the molecule is CC(=O)O[C@H]1[C@H](OC(C)=O)CS[C@@H]1COCc1ccccc1. The van der Waals surface area contributed by atoms with Gasteiger partial charge in [-0.2, -0.15) is 0 Å². The van der Waals surface area contributed by atoms with Crippen LogP contribution in [-0.4, -0.2) is 41.8 Å². The molecule has 0 spiro atoms. The van der Waals surface area contributed by atoms with Gasteiger partial charge in [-0.25, -0.2) is 0 Å². The number of benzene rings is 1. The van der Waals surface area contributed by atoms with E-state index in [9.17, 15) is 9.59 Å². The second kappa shape index (κ2) is 8.19. The van der Waals surface area contributed by atoms with Gasteiger partial charge in [0, 0.05) is 19.6 Å². The molecule has 1 aliphatic rings. The predicted octanol–water partition coefficient (Wildman–Crippen LogP) is 2.18. The Bertz CT molecular complexity index is 505. The van der Waals surface area contributed by atoms with Crippen LogP contribution in [0.3, 0.4) is 0 Å². The van der Waals surface area contributed by atoms with Gasteiger partial charge in [-0.1, -0.05) is 30.3 Å². The summed E-state index contributed by atoms with van der Waals surface area (Å²) in [6.45, 7) is 3.66. The number of hydrogen-bond acceptors (Lipinski definition) is 6. The van der Waals surface area contributed by atoms with Gasteiger partial charge in [-0.05, 0) is 5.56 Å². The van der Waals surface area contributed by atoms with Crippen LogP contribution in [0.15, 0.2) is 30.3 Å². The van der Waals surface area contributed by atoms with Crippen molar-refractivity contribution in [2.45, 2.75) is 37.9 Å². The fourth-order valence-electron chi connectivity index (χ4n) is 2.32. The Hall–Kier alpha value is -1.53. The first-order chi connectivity index (χ1) is 10.6. The first kappa shape index (κ1) is 16.8. The van der Waals surface area contributed by atoms with Gasteiger partial charge in [0.15, 0.2) is 6.10 Å². The lowest BCUT2D eigenvalue weighted by atomic mass is 10.1. The molecule has 1 aromatic rings. The second-order valence-corrected chi connectivity index (χ2v) is 6.37. The van der Waals surface area contributed by atoms with Crippen molar-refractivity contribution in [3.05, 3.63) is 35.9 Å². The lowest BCUT2D eigenvalue weighted by Crippen LogP contribution is -2.38. The molecule has 6 heteroatoms. The number of carbonyl (C=O) groups is 2. The van der Waals surface area contributed by atoms with Gasteiger partial charge in [0.2, 0.25) is 0 Å². The average Bonchev–Trinajstić information content (AvgIpc) is 2.81. The molecule has 3 atom stereocenters. The number of rotatable bonds is 6. The molecule has 0 aromatic heterocycles. The summed E-state index contributed by atoms with van der Waals surface area (Å²) in [7, 11) is 0. The minimum Gasteiger partial charge on any atom is -0.458 e. The molecule has 1 fully saturated rings. The number of esters is 2. The molecule has 1 aromatic carbocycles. The van der Waals surface area contributed by atoms with E-state index in [-0.39, 0.29) is 17.2 Å². The third-order valence-electron chi connectivity index (χ3n) is 3.22. The van der Waals surface area contributed by atoms with Crippen LogP contribution in [0.25, 0.3) is 0 Å². The van der Waals surface area contributed by atoms with Crippen molar-refractivity contribution < 1.29 is 23.8 Å². The molecule has 0 bridgehead atoms.